The minimum atomic E-state index is -2.19. The number of nitrogens with zero attached hydrogens (tertiary/aromatic N) is 1. The van der Waals surface area contributed by atoms with Crippen molar-refractivity contribution in [2.24, 2.45) is 5.92 Å². The first-order chi connectivity index (χ1) is 12.7. The molecule has 2 N–H and O–H groups in total. The molecule has 3 atom stereocenters. The summed E-state index contributed by atoms with van der Waals surface area (Å²) in [5, 5.41) is 20.2. The van der Waals surface area contributed by atoms with Crippen molar-refractivity contribution in [2.75, 3.05) is 33.4 Å². The van der Waals surface area contributed by atoms with Crippen molar-refractivity contribution in [1.82, 2.24) is 4.90 Å². The van der Waals surface area contributed by atoms with Crippen LogP contribution in [0.3, 0.4) is 0 Å². The van der Waals surface area contributed by atoms with Crippen LogP contribution in [-0.2, 0) is 23.9 Å². The number of esters is 2. The summed E-state index contributed by atoms with van der Waals surface area (Å²) in [5.74, 6) is -2.91. The molecule has 0 aliphatic carbocycles. The SMILES string of the molecule is C/C=C1\C[C@@H](C)[C@](O)(CO)C(=O)OC/C2=C/CN(C)CC[C@@H](OC1=O)C2=O. The van der Waals surface area contributed by atoms with Gasteiger partial charge in [-0.05, 0) is 20.4 Å². The van der Waals surface area contributed by atoms with Crippen LogP contribution in [0.15, 0.2) is 23.3 Å². The number of fused-ring (bicyclic) bond motifs is 2. The molecule has 0 radical (unpaired) electrons. The summed E-state index contributed by atoms with van der Waals surface area (Å²) in [7, 11) is 1.86. The van der Waals surface area contributed by atoms with Crippen molar-refractivity contribution in [3.8, 4) is 0 Å². The first kappa shape index (κ1) is 21.3. The fraction of sp³-hybridized carbons (Fsp3) is 0.632. The lowest BCUT2D eigenvalue weighted by Crippen LogP contribution is -2.50. The Labute approximate surface area is 158 Å². The Kier molecular flexibility index (Phi) is 6.91. The van der Waals surface area contributed by atoms with Gasteiger partial charge in [-0.2, -0.15) is 0 Å². The average molecular weight is 381 g/mol. The molecule has 1 fully saturated rings. The van der Waals surface area contributed by atoms with Gasteiger partial charge in [-0.15, -0.1) is 0 Å². The van der Waals surface area contributed by atoms with Crippen LogP contribution in [0.5, 0.6) is 0 Å². The monoisotopic (exact) mass is 381 g/mol. The van der Waals surface area contributed by atoms with Gasteiger partial charge in [0, 0.05) is 36.6 Å². The molecule has 0 amide bonds. The number of cyclic esters (lactones) is 1. The molecule has 8 heteroatoms. The Morgan fingerprint density at radius 3 is 2.70 bits per heavy atom. The molecule has 0 aromatic carbocycles. The number of rotatable bonds is 1. The molecule has 0 aromatic rings. The molecule has 27 heavy (non-hydrogen) atoms. The van der Waals surface area contributed by atoms with Crippen molar-refractivity contribution in [1.29, 1.82) is 0 Å². The number of ether oxygens (including phenoxy) is 2. The van der Waals surface area contributed by atoms with Crippen LogP contribution in [0.1, 0.15) is 26.7 Å². The van der Waals surface area contributed by atoms with Crippen LogP contribution in [0, 0.1) is 5.92 Å². The predicted octanol–water partition coefficient (Wildman–Crippen LogP) is -0.0181. The molecule has 2 aliphatic rings. The fourth-order valence-electron chi connectivity index (χ4n) is 3.09. The average Bonchev–Trinajstić information content (AvgIpc) is 2.65. The molecule has 0 unspecified atom stereocenters. The van der Waals surface area contributed by atoms with Gasteiger partial charge in [0.2, 0.25) is 5.78 Å². The molecule has 1 saturated heterocycles. The van der Waals surface area contributed by atoms with Gasteiger partial charge in [0.15, 0.2) is 11.7 Å². The first-order valence-electron chi connectivity index (χ1n) is 9.01. The molecule has 0 spiro atoms. The fourth-order valence-corrected chi connectivity index (χ4v) is 3.09. The minimum absolute atomic E-state index is 0.00893. The molecular weight excluding hydrogens is 354 g/mol. The smallest absolute Gasteiger partial charge is 0.341 e. The van der Waals surface area contributed by atoms with Crippen molar-refractivity contribution < 1.29 is 34.1 Å². The third-order valence-electron chi connectivity index (χ3n) is 5.19. The number of allylic oxidation sites excluding steroid dienone is 1. The zero-order valence-corrected chi connectivity index (χ0v) is 15.9. The Hall–Kier alpha value is -2.03. The number of carbonyl (C=O) groups excluding carboxylic acids is 3. The second-order valence-electron chi connectivity index (χ2n) is 7.12. The summed E-state index contributed by atoms with van der Waals surface area (Å²) >= 11 is 0. The van der Waals surface area contributed by atoms with Crippen LogP contribution >= 0.6 is 0 Å². The standard InChI is InChI=1S/C19H27NO7/c1-4-13-9-12(2)19(25,11-21)18(24)26-10-14-5-7-20(3)8-6-15(16(14)22)27-17(13)23/h4-5,12,15,21,25H,6-11H2,1-3H3/b13-4+,14-5-/t12-,15-,19-/m1/s1. The van der Waals surface area contributed by atoms with E-state index in [-0.39, 0.29) is 24.2 Å². The lowest BCUT2D eigenvalue weighted by molar-refractivity contribution is -0.176. The van der Waals surface area contributed by atoms with Crippen molar-refractivity contribution in [3.63, 3.8) is 0 Å². The highest BCUT2D eigenvalue weighted by atomic mass is 16.6. The molecule has 2 rings (SSSR count). The summed E-state index contributed by atoms with van der Waals surface area (Å²) in [6, 6.07) is 0. The van der Waals surface area contributed by atoms with Crippen LogP contribution in [-0.4, -0.2) is 77.9 Å². The maximum absolute atomic E-state index is 12.8. The number of aliphatic hydroxyl groups excluding tert-OH is 1. The largest absolute Gasteiger partial charge is 0.458 e. The van der Waals surface area contributed by atoms with Crippen molar-refractivity contribution in [2.45, 2.75) is 38.4 Å². The number of ketones is 1. The normalized spacial score (nSPS) is 35.1. The summed E-state index contributed by atoms with van der Waals surface area (Å²) in [5.41, 5.74) is -1.77. The highest BCUT2D eigenvalue weighted by Crippen LogP contribution is 2.28. The molecule has 150 valence electrons. The maximum Gasteiger partial charge on any atom is 0.341 e. The second kappa shape index (κ2) is 8.77. The van der Waals surface area contributed by atoms with E-state index in [1.54, 1.807) is 13.0 Å². The molecule has 8 nitrogen and oxygen atoms in total. The van der Waals surface area contributed by atoms with E-state index >= 15 is 0 Å². The van der Waals surface area contributed by atoms with E-state index in [1.165, 1.54) is 13.0 Å². The van der Waals surface area contributed by atoms with Crippen molar-refractivity contribution >= 4 is 17.7 Å². The van der Waals surface area contributed by atoms with E-state index < -0.39 is 42.0 Å². The van der Waals surface area contributed by atoms with Gasteiger partial charge in [-0.25, -0.2) is 9.59 Å². The van der Waals surface area contributed by atoms with E-state index in [4.69, 9.17) is 9.47 Å². The molecular formula is C19H27NO7. The minimum Gasteiger partial charge on any atom is -0.458 e. The van der Waals surface area contributed by atoms with Gasteiger partial charge < -0.3 is 24.6 Å². The van der Waals surface area contributed by atoms with E-state index in [2.05, 4.69) is 0 Å². The highest BCUT2D eigenvalue weighted by molar-refractivity contribution is 6.01. The molecule has 2 heterocycles. The third-order valence-corrected chi connectivity index (χ3v) is 5.19. The first-order valence-corrected chi connectivity index (χ1v) is 9.01. The highest BCUT2D eigenvalue weighted by Gasteiger charge is 2.44. The number of hydrogen-bond donors (Lipinski definition) is 2. The van der Waals surface area contributed by atoms with E-state index in [9.17, 15) is 24.6 Å². The summed E-state index contributed by atoms with van der Waals surface area (Å²) < 4.78 is 10.6. The lowest BCUT2D eigenvalue weighted by atomic mass is 9.84. The Bertz CT molecular complexity index is 669. The Balaban J connectivity index is 2.44. The van der Waals surface area contributed by atoms with Gasteiger partial charge in [-0.1, -0.05) is 19.1 Å². The van der Waals surface area contributed by atoms with Crippen LogP contribution in [0.2, 0.25) is 0 Å². The van der Waals surface area contributed by atoms with E-state index in [0.717, 1.165) is 0 Å². The van der Waals surface area contributed by atoms with E-state index in [1.807, 2.05) is 11.9 Å². The van der Waals surface area contributed by atoms with Gasteiger partial charge in [-0.3, -0.25) is 4.79 Å². The Morgan fingerprint density at radius 1 is 1.37 bits per heavy atom. The molecule has 0 saturated carbocycles. The number of aliphatic hydroxyl groups is 2. The molecule has 0 aromatic heterocycles. The second-order valence-corrected chi connectivity index (χ2v) is 7.12. The summed E-state index contributed by atoms with van der Waals surface area (Å²) in [6.45, 7) is 2.99. The van der Waals surface area contributed by atoms with Gasteiger partial charge in [0.25, 0.3) is 0 Å². The van der Waals surface area contributed by atoms with Gasteiger partial charge in [0.1, 0.15) is 6.61 Å². The quantitative estimate of drug-likeness (QED) is 0.481. The zero-order valence-electron chi connectivity index (χ0n) is 15.9. The van der Waals surface area contributed by atoms with Crippen LogP contribution in [0.25, 0.3) is 0 Å². The number of carbonyl (C=O) groups is 3. The van der Waals surface area contributed by atoms with Crippen LogP contribution < -0.4 is 0 Å². The van der Waals surface area contributed by atoms with Crippen molar-refractivity contribution in [3.05, 3.63) is 23.3 Å². The Morgan fingerprint density at radius 2 is 2.07 bits per heavy atom. The lowest BCUT2D eigenvalue weighted by Gasteiger charge is -2.32. The molecule has 2 bridgehead atoms. The molecule has 2 aliphatic heterocycles. The summed E-state index contributed by atoms with van der Waals surface area (Å²) in [4.78, 5) is 39.7. The maximum atomic E-state index is 12.8. The third kappa shape index (κ3) is 4.63. The number of likely N-dealkylation sites (N-methyl/N-ethyl adjacent to an activating group) is 1. The number of Topliss-reactive ketones (excluding diaryl/α,β-unsaturated/α-hetero) is 1. The number of hydrogen-bond acceptors (Lipinski definition) is 8. The topological polar surface area (TPSA) is 113 Å². The van der Waals surface area contributed by atoms with Gasteiger partial charge in [0.05, 0.1) is 6.61 Å². The van der Waals surface area contributed by atoms with Crippen LogP contribution in [0.4, 0.5) is 0 Å². The van der Waals surface area contributed by atoms with Gasteiger partial charge >= 0.3 is 11.9 Å². The zero-order chi connectivity index (χ0) is 20.2. The van der Waals surface area contributed by atoms with E-state index in [0.29, 0.717) is 19.5 Å². The predicted molar refractivity (Wildman–Crippen MR) is 95.6 cm³/mol. The summed E-state index contributed by atoms with van der Waals surface area (Å²) in [6.07, 6.45) is 2.50.